The van der Waals surface area contributed by atoms with E-state index < -0.39 is 0 Å². The molecule has 2 fully saturated rings. The second-order valence-corrected chi connectivity index (χ2v) is 5.58. The van der Waals surface area contributed by atoms with Gasteiger partial charge < -0.3 is 5.73 Å². The van der Waals surface area contributed by atoms with Crippen LogP contribution in [0.3, 0.4) is 0 Å². The van der Waals surface area contributed by atoms with Crippen molar-refractivity contribution in [2.75, 3.05) is 6.54 Å². The lowest BCUT2D eigenvalue weighted by atomic mass is 9.63. The van der Waals surface area contributed by atoms with Crippen LogP contribution in [-0.2, 0) is 0 Å². The fourth-order valence-corrected chi connectivity index (χ4v) is 3.62. The largest absolute Gasteiger partial charge is 0.330 e. The molecule has 2 aliphatic carbocycles. The van der Waals surface area contributed by atoms with Crippen LogP contribution in [0.25, 0.3) is 0 Å². The van der Waals surface area contributed by atoms with Gasteiger partial charge >= 0.3 is 0 Å². The van der Waals surface area contributed by atoms with Crippen LogP contribution in [0, 0.1) is 11.3 Å². The van der Waals surface area contributed by atoms with Gasteiger partial charge in [-0.25, -0.2) is 0 Å². The maximum atomic E-state index is 5.63. The maximum absolute atomic E-state index is 5.63. The summed E-state index contributed by atoms with van der Waals surface area (Å²) in [7, 11) is 0. The van der Waals surface area contributed by atoms with Gasteiger partial charge in [-0.3, -0.25) is 0 Å². The summed E-state index contributed by atoms with van der Waals surface area (Å²) in [5.74, 6) is 0.965. The van der Waals surface area contributed by atoms with Crippen molar-refractivity contribution in [3.63, 3.8) is 0 Å². The Bertz CT molecular complexity index is 165. The molecular formula is C13H26ClN. The highest BCUT2D eigenvalue weighted by Gasteiger charge is 2.35. The molecule has 0 aromatic carbocycles. The van der Waals surface area contributed by atoms with Crippen molar-refractivity contribution in [3.8, 4) is 0 Å². The molecule has 0 aliphatic heterocycles. The lowest BCUT2D eigenvalue weighted by Gasteiger charge is -2.43. The van der Waals surface area contributed by atoms with Crippen molar-refractivity contribution in [2.24, 2.45) is 17.1 Å². The first-order chi connectivity index (χ1) is 6.85. The Morgan fingerprint density at radius 2 is 1.53 bits per heavy atom. The van der Waals surface area contributed by atoms with E-state index in [1.807, 2.05) is 0 Å². The van der Waals surface area contributed by atoms with Gasteiger partial charge in [-0.2, -0.15) is 0 Å². The minimum Gasteiger partial charge on any atom is -0.330 e. The number of hydrogen-bond donors (Lipinski definition) is 1. The summed E-state index contributed by atoms with van der Waals surface area (Å²) < 4.78 is 0. The predicted octanol–water partition coefficient (Wildman–Crippen LogP) is 3.90. The van der Waals surface area contributed by atoms with Crippen LogP contribution in [0.15, 0.2) is 0 Å². The number of rotatable bonds is 2. The van der Waals surface area contributed by atoms with Gasteiger partial charge in [-0.1, -0.05) is 19.3 Å². The summed E-state index contributed by atoms with van der Waals surface area (Å²) >= 11 is 0. The van der Waals surface area contributed by atoms with E-state index in [1.165, 1.54) is 64.2 Å². The highest BCUT2D eigenvalue weighted by molar-refractivity contribution is 5.85. The van der Waals surface area contributed by atoms with Crippen LogP contribution in [0.5, 0.6) is 0 Å². The van der Waals surface area contributed by atoms with Crippen molar-refractivity contribution < 1.29 is 0 Å². The van der Waals surface area contributed by atoms with E-state index in [-0.39, 0.29) is 12.4 Å². The quantitative estimate of drug-likeness (QED) is 0.767. The molecule has 1 nitrogen and oxygen atoms in total. The molecule has 0 aromatic rings. The zero-order valence-electron chi connectivity index (χ0n) is 9.84. The molecule has 0 heterocycles. The van der Waals surface area contributed by atoms with E-state index >= 15 is 0 Å². The fraction of sp³-hybridized carbons (Fsp3) is 1.00. The molecule has 0 bridgehead atoms. The molecule has 2 aliphatic rings. The van der Waals surface area contributed by atoms with Gasteiger partial charge in [0.05, 0.1) is 0 Å². The van der Waals surface area contributed by atoms with Gasteiger partial charge in [-0.15, -0.1) is 12.4 Å². The molecule has 1 spiro atoms. The first-order valence-electron chi connectivity index (χ1n) is 6.55. The van der Waals surface area contributed by atoms with Crippen LogP contribution < -0.4 is 5.73 Å². The third-order valence-electron chi connectivity index (χ3n) is 4.65. The van der Waals surface area contributed by atoms with Crippen LogP contribution in [0.2, 0.25) is 0 Å². The fourth-order valence-electron chi connectivity index (χ4n) is 3.62. The van der Waals surface area contributed by atoms with Crippen molar-refractivity contribution in [3.05, 3.63) is 0 Å². The van der Waals surface area contributed by atoms with E-state index in [0.29, 0.717) is 0 Å². The van der Waals surface area contributed by atoms with Gasteiger partial charge in [0, 0.05) is 0 Å². The van der Waals surface area contributed by atoms with Crippen molar-refractivity contribution in [1.82, 2.24) is 0 Å². The SMILES string of the molecule is Cl.NCCC1CCC2(CCCCC2)CC1. The summed E-state index contributed by atoms with van der Waals surface area (Å²) in [6.07, 6.45) is 14.8. The molecule has 2 N–H and O–H groups in total. The summed E-state index contributed by atoms with van der Waals surface area (Å²) in [6.45, 7) is 0.900. The Labute approximate surface area is 101 Å². The molecule has 0 amide bonds. The molecule has 0 saturated heterocycles. The highest BCUT2D eigenvalue weighted by atomic mass is 35.5. The Kier molecular flexibility index (Phi) is 5.42. The number of halogens is 1. The van der Waals surface area contributed by atoms with Gasteiger partial charge in [-0.05, 0) is 62.8 Å². The molecule has 0 atom stereocenters. The van der Waals surface area contributed by atoms with E-state index in [2.05, 4.69) is 0 Å². The zero-order valence-corrected chi connectivity index (χ0v) is 10.7. The molecule has 0 radical (unpaired) electrons. The first kappa shape index (κ1) is 13.3. The van der Waals surface area contributed by atoms with Gasteiger partial charge in [0.15, 0.2) is 0 Å². The van der Waals surface area contributed by atoms with Crippen molar-refractivity contribution >= 4 is 12.4 Å². The van der Waals surface area contributed by atoms with Crippen LogP contribution in [0.4, 0.5) is 0 Å². The summed E-state index contributed by atoms with van der Waals surface area (Å²) in [6, 6.07) is 0. The Morgan fingerprint density at radius 1 is 0.933 bits per heavy atom. The van der Waals surface area contributed by atoms with E-state index in [1.54, 1.807) is 0 Å². The van der Waals surface area contributed by atoms with Gasteiger partial charge in [0.2, 0.25) is 0 Å². The van der Waals surface area contributed by atoms with Crippen LogP contribution in [-0.4, -0.2) is 6.54 Å². The molecule has 90 valence electrons. The molecular weight excluding hydrogens is 206 g/mol. The van der Waals surface area contributed by atoms with Crippen molar-refractivity contribution in [2.45, 2.75) is 64.2 Å². The Morgan fingerprint density at radius 3 is 2.07 bits per heavy atom. The van der Waals surface area contributed by atoms with Crippen molar-refractivity contribution in [1.29, 1.82) is 0 Å². The molecule has 2 saturated carbocycles. The number of hydrogen-bond acceptors (Lipinski definition) is 1. The summed E-state index contributed by atoms with van der Waals surface area (Å²) in [5, 5.41) is 0. The van der Waals surface area contributed by atoms with E-state index in [9.17, 15) is 0 Å². The average molecular weight is 232 g/mol. The summed E-state index contributed by atoms with van der Waals surface area (Å²) in [4.78, 5) is 0. The van der Waals surface area contributed by atoms with E-state index in [0.717, 1.165) is 17.9 Å². The van der Waals surface area contributed by atoms with Gasteiger partial charge in [0.1, 0.15) is 0 Å². The average Bonchev–Trinajstić information content (AvgIpc) is 2.24. The lowest BCUT2D eigenvalue weighted by molar-refractivity contribution is 0.0952. The standard InChI is InChI=1S/C13H25N.ClH/c14-11-6-12-4-9-13(10-5-12)7-2-1-3-8-13;/h12H,1-11,14H2;1H. The zero-order chi connectivity index (χ0) is 9.86. The Hall–Kier alpha value is 0.250. The summed E-state index contributed by atoms with van der Waals surface area (Å²) in [5.41, 5.74) is 6.42. The minimum atomic E-state index is 0. The third kappa shape index (κ3) is 3.35. The Balaban J connectivity index is 0.00000112. The first-order valence-corrected chi connectivity index (χ1v) is 6.55. The molecule has 2 heteroatoms. The second-order valence-electron chi connectivity index (χ2n) is 5.58. The molecule has 0 aromatic heterocycles. The normalized spacial score (nSPS) is 26.2. The topological polar surface area (TPSA) is 26.0 Å². The molecule has 15 heavy (non-hydrogen) atoms. The monoisotopic (exact) mass is 231 g/mol. The smallest absolute Gasteiger partial charge is 0.00746 e. The van der Waals surface area contributed by atoms with Gasteiger partial charge in [0.25, 0.3) is 0 Å². The minimum absolute atomic E-state index is 0. The number of nitrogens with two attached hydrogens (primary N) is 1. The van der Waals surface area contributed by atoms with E-state index in [4.69, 9.17) is 5.73 Å². The molecule has 0 unspecified atom stereocenters. The highest BCUT2D eigenvalue weighted by Crippen LogP contribution is 2.49. The van der Waals surface area contributed by atoms with Crippen LogP contribution >= 0.6 is 12.4 Å². The third-order valence-corrected chi connectivity index (χ3v) is 4.65. The second kappa shape index (κ2) is 6.10. The molecule has 2 rings (SSSR count). The predicted molar refractivity (Wildman–Crippen MR) is 68.4 cm³/mol. The maximum Gasteiger partial charge on any atom is -0.00746 e. The van der Waals surface area contributed by atoms with Crippen LogP contribution in [0.1, 0.15) is 64.2 Å². The lowest BCUT2D eigenvalue weighted by Crippen LogP contribution is -2.30.